The first-order valence-corrected chi connectivity index (χ1v) is 11.3. The maximum Gasteiger partial charge on any atom is 0.416 e. The normalized spacial score (nSPS) is 12.1. The second kappa shape index (κ2) is 9.90. The molecule has 0 radical (unpaired) electrons. The summed E-state index contributed by atoms with van der Waals surface area (Å²) in [6.45, 7) is -0.685. The Morgan fingerprint density at radius 2 is 1.50 bits per heavy atom. The highest BCUT2D eigenvalue weighted by Crippen LogP contribution is 2.31. The number of halogens is 5. The van der Waals surface area contributed by atoms with Crippen LogP contribution >= 0.6 is 0 Å². The number of likely N-dealkylation sites (N-methyl/N-ethyl adjacent to an activating group) is 1. The minimum atomic E-state index is -4.49. The Morgan fingerprint density at radius 1 is 0.882 bits per heavy atom. The molecule has 0 aliphatic carbocycles. The highest BCUT2D eigenvalue weighted by molar-refractivity contribution is 7.89. The van der Waals surface area contributed by atoms with Crippen LogP contribution in [0.5, 0.6) is 0 Å². The number of nitrogens with one attached hydrogen (secondary N) is 1. The second-order valence-electron chi connectivity index (χ2n) is 7.41. The summed E-state index contributed by atoms with van der Waals surface area (Å²) in [4.78, 5) is 12.1. The molecule has 3 aromatic carbocycles. The summed E-state index contributed by atoms with van der Waals surface area (Å²) in [7, 11) is -2.85. The minimum absolute atomic E-state index is 0.144. The largest absolute Gasteiger partial charge is 0.416 e. The van der Waals surface area contributed by atoms with Crippen LogP contribution in [0.4, 0.5) is 22.0 Å². The summed E-state index contributed by atoms with van der Waals surface area (Å²) >= 11 is 0. The molecule has 0 saturated carbocycles. The van der Waals surface area contributed by atoms with Gasteiger partial charge in [0.1, 0.15) is 11.6 Å². The van der Waals surface area contributed by atoms with Crippen LogP contribution in [0.2, 0.25) is 0 Å². The molecule has 1 amide bonds. The van der Waals surface area contributed by atoms with E-state index < -0.39 is 45.8 Å². The summed E-state index contributed by atoms with van der Waals surface area (Å²) in [5, 5.41) is 2.48. The van der Waals surface area contributed by atoms with Crippen molar-refractivity contribution in [2.45, 2.75) is 17.6 Å². The summed E-state index contributed by atoms with van der Waals surface area (Å²) in [6, 6.07) is 12.1. The Morgan fingerprint density at radius 3 is 2.09 bits per heavy atom. The number of rotatable bonds is 7. The summed E-state index contributed by atoms with van der Waals surface area (Å²) in [5.74, 6) is -1.93. The standard InChI is InChI=1S/C23H19F5N2O3S/c1-30(34(32,33)21-8-6-19(24)7-9-21)14-22(31)29-13-15-10-17(12-20(25)11-15)16-2-4-18(5-3-16)23(26,27)28/h2-12H,13-14H2,1H3,(H,29,31). The molecule has 1 N–H and O–H groups in total. The molecular weight excluding hydrogens is 479 g/mol. The molecule has 0 aromatic heterocycles. The van der Waals surface area contributed by atoms with Crippen molar-refractivity contribution >= 4 is 15.9 Å². The van der Waals surface area contributed by atoms with E-state index in [1.807, 2.05) is 0 Å². The number of amides is 1. The van der Waals surface area contributed by atoms with E-state index in [4.69, 9.17) is 0 Å². The molecule has 0 heterocycles. The van der Waals surface area contributed by atoms with Crippen LogP contribution in [0, 0.1) is 11.6 Å². The van der Waals surface area contributed by atoms with E-state index in [-0.39, 0.29) is 11.4 Å². The van der Waals surface area contributed by atoms with Crippen LogP contribution in [-0.2, 0) is 27.5 Å². The van der Waals surface area contributed by atoms with Crippen molar-refractivity contribution in [2.75, 3.05) is 13.6 Å². The molecule has 0 fully saturated rings. The highest BCUT2D eigenvalue weighted by Gasteiger charge is 2.30. The van der Waals surface area contributed by atoms with Crippen molar-refractivity contribution in [1.29, 1.82) is 0 Å². The number of hydrogen-bond acceptors (Lipinski definition) is 3. The van der Waals surface area contributed by atoms with Crippen LogP contribution in [-0.4, -0.2) is 32.2 Å². The van der Waals surface area contributed by atoms with Gasteiger partial charge in [0.25, 0.3) is 0 Å². The summed E-state index contributed by atoms with van der Waals surface area (Å²) in [6.07, 6.45) is -4.49. The van der Waals surface area contributed by atoms with E-state index in [9.17, 15) is 35.2 Å². The van der Waals surface area contributed by atoms with Crippen LogP contribution in [0.25, 0.3) is 11.1 Å². The third-order valence-corrected chi connectivity index (χ3v) is 6.70. The fraction of sp³-hybridized carbons (Fsp3) is 0.174. The van der Waals surface area contributed by atoms with Crippen LogP contribution in [0.15, 0.2) is 71.6 Å². The van der Waals surface area contributed by atoms with Crippen LogP contribution in [0.1, 0.15) is 11.1 Å². The Balaban J connectivity index is 1.66. The number of sulfonamides is 1. The van der Waals surface area contributed by atoms with E-state index in [0.717, 1.165) is 52.8 Å². The number of carbonyl (C=O) groups excluding carboxylic acids is 1. The Bertz CT molecular complexity index is 1280. The van der Waals surface area contributed by atoms with Crippen molar-refractivity contribution < 1.29 is 35.2 Å². The Labute approximate surface area is 192 Å². The molecule has 5 nitrogen and oxygen atoms in total. The molecule has 0 aliphatic heterocycles. The lowest BCUT2D eigenvalue weighted by Gasteiger charge is -2.17. The molecule has 11 heteroatoms. The molecule has 0 spiro atoms. The smallest absolute Gasteiger partial charge is 0.351 e. The first-order chi connectivity index (χ1) is 15.9. The predicted octanol–water partition coefficient (Wildman–Crippen LogP) is 4.59. The maximum absolute atomic E-state index is 14.1. The zero-order chi connectivity index (χ0) is 25.1. The van der Waals surface area contributed by atoms with E-state index in [2.05, 4.69) is 5.32 Å². The average molecular weight is 498 g/mol. The van der Waals surface area contributed by atoms with E-state index in [0.29, 0.717) is 16.7 Å². The lowest BCUT2D eigenvalue weighted by molar-refractivity contribution is -0.137. The minimum Gasteiger partial charge on any atom is -0.351 e. The maximum atomic E-state index is 14.1. The van der Waals surface area contributed by atoms with Crippen molar-refractivity contribution in [3.63, 3.8) is 0 Å². The number of alkyl halides is 3. The summed E-state index contributed by atoms with van der Waals surface area (Å²) < 4.78 is 91.1. The van der Waals surface area contributed by atoms with Crippen LogP contribution < -0.4 is 5.32 Å². The lowest BCUT2D eigenvalue weighted by Crippen LogP contribution is -2.38. The van der Waals surface area contributed by atoms with Gasteiger partial charge in [-0.25, -0.2) is 17.2 Å². The molecule has 0 bridgehead atoms. The fourth-order valence-corrected chi connectivity index (χ4v) is 4.23. The topological polar surface area (TPSA) is 66.5 Å². The van der Waals surface area contributed by atoms with Gasteiger partial charge in [-0.15, -0.1) is 0 Å². The van der Waals surface area contributed by atoms with Gasteiger partial charge in [-0.05, 0) is 71.3 Å². The predicted molar refractivity (Wildman–Crippen MR) is 115 cm³/mol. The van der Waals surface area contributed by atoms with Gasteiger partial charge in [0.05, 0.1) is 17.0 Å². The summed E-state index contributed by atoms with van der Waals surface area (Å²) in [5.41, 5.74) is 0.159. The zero-order valence-electron chi connectivity index (χ0n) is 17.7. The lowest BCUT2D eigenvalue weighted by atomic mass is 10.0. The van der Waals surface area contributed by atoms with Crippen molar-refractivity contribution in [1.82, 2.24) is 9.62 Å². The van der Waals surface area contributed by atoms with E-state index >= 15 is 0 Å². The SMILES string of the molecule is CN(CC(=O)NCc1cc(F)cc(-c2ccc(C(F)(F)F)cc2)c1)S(=O)(=O)c1ccc(F)cc1. The van der Waals surface area contributed by atoms with Gasteiger partial charge in [-0.1, -0.05) is 12.1 Å². The first-order valence-electron chi connectivity index (χ1n) is 9.82. The van der Waals surface area contributed by atoms with Gasteiger partial charge in [0.15, 0.2) is 0 Å². The molecule has 180 valence electrons. The molecule has 0 unspecified atom stereocenters. The van der Waals surface area contributed by atoms with Crippen LogP contribution in [0.3, 0.4) is 0 Å². The Kier molecular flexibility index (Phi) is 7.37. The molecular formula is C23H19F5N2O3S. The molecule has 0 aliphatic rings. The second-order valence-corrected chi connectivity index (χ2v) is 9.46. The van der Waals surface area contributed by atoms with Crippen molar-refractivity contribution in [3.8, 4) is 11.1 Å². The number of hydrogen-bond donors (Lipinski definition) is 1. The van der Waals surface area contributed by atoms with Crippen molar-refractivity contribution in [3.05, 3.63) is 89.5 Å². The van der Waals surface area contributed by atoms with E-state index in [1.54, 1.807) is 0 Å². The molecule has 3 aromatic rings. The number of nitrogens with zero attached hydrogens (tertiary/aromatic N) is 1. The number of carbonyl (C=O) groups is 1. The highest BCUT2D eigenvalue weighted by atomic mass is 32.2. The van der Waals surface area contributed by atoms with Gasteiger partial charge in [-0.2, -0.15) is 17.5 Å². The quantitative estimate of drug-likeness (QED) is 0.485. The third-order valence-electron chi connectivity index (χ3n) is 4.88. The van der Waals surface area contributed by atoms with Gasteiger partial charge in [-0.3, -0.25) is 4.79 Å². The van der Waals surface area contributed by atoms with Gasteiger partial charge in [0.2, 0.25) is 15.9 Å². The number of benzene rings is 3. The van der Waals surface area contributed by atoms with Gasteiger partial charge < -0.3 is 5.32 Å². The molecule has 0 atom stereocenters. The average Bonchev–Trinajstić information content (AvgIpc) is 2.77. The molecule has 3 rings (SSSR count). The molecule has 34 heavy (non-hydrogen) atoms. The van der Waals surface area contributed by atoms with E-state index in [1.165, 1.54) is 25.2 Å². The van der Waals surface area contributed by atoms with Gasteiger partial charge >= 0.3 is 6.18 Å². The zero-order valence-corrected chi connectivity index (χ0v) is 18.6. The van der Waals surface area contributed by atoms with Crippen molar-refractivity contribution in [2.24, 2.45) is 0 Å². The fourth-order valence-electron chi connectivity index (χ4n) is 3.10. The third kappa shape index (κ3) is 6.17. The van der Waals surface area contributed by atoms with Gasteiger partial charge in [0, 0.05) is 13.6 Å². The first kappa shape index (κ1) is 25.3. The monoisotopic (exact) mass is 498 g/mol. The Hall–Kier alpha value is -3.31. The molecule has 0 saturated heterocycles.